The van der Waals surface area contributed by atoms with E-state index in [1.807, 2.05) is 33.9 Å². The van der Waals surface area contributed by atoms with Crippen LogP contribution < -0.4 is 15.4 Å². The molecule has 0 saturated carbocycles. The molecule has 1 fully saturated rings. The molecule has 1 amide bonds. The number of nitrogens with zero attached hydrogens (tertiary/aromatic N) is 4. The smallest absolute Gasteiger partial charge is 0.406 e. The fourth-order valence-corrected chi connectivity index (χ4v) is 5.40. The van der Waals surface area contributed by atoms with Crippen LogP contribution in [0.15, 0.2) is 36.7 Å². The van der Waals surface area contributed by atoms with Crippen LogP contribution in [-0.4, -0.2) is 75.7 Å². The highest BCUT2D eigenvalue weighted by Crippen LogP contribution is 2.32. The Labute approximate surface area is 253 Å². The molecule has 0 aliphatic carbocycles. The van der Waals surface area contributed by atoms with Crippen LogP contribution >= 0.6 is 0 Å². The summed E-state index contributed by atoms with van der Waals surface area (Å²) < 4.78 is 46.4. The van der Waals surface area contributed by atoms with E-state index < -0.39 is 29.2 Å². The number of alkyl halides is 3. The number of aromatic nitrogens is 2. The minimum Gasteiger partial charge on any atom is -0.495 e. The Hall–Kier alpha value is -4.00. The van der Waals surface area contributed by atoms with Crippen molar-refractivity contribution in [2.75, 3.05) is 39.1 Å². The molecule has 1 aromatic heterocycles. The van der Waals surface area contributed by atoms with Crippen molar-refractivity contribution in [2.45, 2.75) is 50.5 Å². The summed E-state index contributed by atoms with van der Waals surface area (Å²) in [6, 6.07) is 10.8. The molecule has 1 saturated heterocycles. The van der Waals surface area contributed by atoms with E-state index in [-0.39, 0.29) is 29.1 Å². The lowest BCUT2D eigenvalue weighted by atomic mass is 9.86. The first-order valence-corrected chi connectivity index (χ1v) is 14.3. The molecule has 225 valence electrons. The monoisotopic (exact) mass is 607 g/mol. The number of amides is 1. The normalized spacial score (nSPS) is 19.3. The number of halogens is 3. The Morgan fingerprint density at radius 2 is 2.02 bits per heavy atom. The second-order valence-corrected chi connectivity index (χ2v) is 12.4. The molecule has 0 bridgehead atoms. The average Bonchev–Trinajstić information content (AvgIpc) is 3.33. The number of carbonyl (C=O) groups is 1. The Kier molecular flexibility index (Phi) is 9.14. The highest BCUT2D eigenvalue weighted by atomic mass is 28.1. The molecule has 2 heterocycles. The topological polar surface area (TPSA) is 95.2 Å². The van der Waals surface area contributed by atoms with Gasteiger partial charge in [0.25, 0.3) is 5.91 Å². The summed E-state index contributed by atoms with van der Waals surface area (Å²) in [5.74, 6) is 6.14. The first-order chi connectivity index (χ1) is 20.2. The number of hydrogen-bond acceptors (Lipinski definition) is 6. The van der Waals surface area contributed by atoms with Gasteiger partial charge >= 0.3 is 6.18 Å². The second-order valence-electron chi connectivity index (χ2n) is 11.5. The Bertz CT molecular complexity index is 1620. The van der Waals surface area contributed by atoms with Crippen molar-refractivity contribution >= 4 is 32.9 Å². The van der Waals surface area contributed by atoms with Crippen LogP contribution in [0, 0.1) is 29.1 Å². The van der Waals surface area contributed by atoms with Crippen LogP contribution in [0.4, 0.5) is 18.9 Å². The average molecular weight is 608 g/mol. The third kappa shape index (κ3) is 7.32. The molecule has 0 spiro atoms. The Morgan fingerprint density at radius 1 is 1.28 bits per heavy atom. The van der Waals surface area contributed by atoms with Crippen LogP contribution in [0.5, 0.6) is 5.75 Å². The van der Waals surface area contributed by atoms with Gasteiger partial charge in [-0.25, -0.2) is 4.98 Å². The van der Waals surface area contributed by atoms with Crippen LogP contribution in [0.2, 0.25) is 0 Å². The number of likely N-dealkylation sites (tertiary alicyclic amines) is 1. The molecule has 43 heavy (non-hydrogen) atoms. The molecule has 4 rings (SSSR count). The van der Waals surface area contributed by atoms with Gasteiger partial charge in [0.05, 0.1) is 58.5 Å². The van der Waals surface area contributed by atoms with Crippen molar-refractivity contribution in [3.63, 3.8) is 0 Å². The quantitative estimate of drug-likeness (QED) is 0.305. The summed E-state index contributed by atoms with van der Waals surface area (Å²) in [6.07, 6.45) is -2.72. The number of ether oxygens (including phenoxy) is 1. The SMILES string of the molecule is COc1cc(C(C)(C)C#N)ccc1NCC#Cc1cc(C(=O)N[C@]2([Si])CCN(C)C[C@@H]2C)c2ncn(CC(F)(F)F)c2c1. The summed E-state index contributed by atoms with van der Waals surface area (Å²) in [6.45, 7) is 6.14. The second kappa shape index (κ2) is 12.3. The van der Waals surface area contributed by atoms with E-state index in [1.54, 1.807) is 18.2 Å². The highest BCUT2D eigenvalue weighted by molar-refractivity contribution is 6.18. The van der Waals surface area contributed by atoms with Gasteiger partial charge in [-0.1, -0.05) is 24.8 Å². The van der Waals surface area contributed by atoms with E-state index in [4.69, 9.17) is 4.74 Å². The fraction of sp³-hybridized carbons (Fsp3) is 0.452. The minimum absolute atomic E-state index is 0.0798. The molecule has 2 aromatic carbocycles. The van der Waals surface area contributed by atoms with Crippen LogP contribution in [0.3, 0.4) is 0 Å². The van der Waals surface area contributed by atoms with Gasteiger partial charge in [0, 0.05) is 17.3 Å². The fourth-order valence-electron chi connectivity index (χ4n) is 5.09. The van der Waals surface area contributed by atoms with Gasteiger partial charge in [-0.3, -0.25) is 4.79 Å². The number of nitriles is 1. The van der Waals surface area contributed by atoms with Crippen molar-refractivity contribution in [3.8, 4) is 23.7 Å². The number of benzene rings is 2. The molecule has 0 unspecified atom stereocenters. The third-order valence-corrected chi connectivity index (χ3v) is 8.64. The highest BCUT2D eigenvalue weighted by Gasteiger charge is 2.37. The number of hydrogen-bond donors (Lipinski definition) is 2. The number of rotatable bonds is 7. The number of imidazole rings is 1. The molecule has 2 N–H and O–H groups in total. The zero-order chi connectivity index (χ0) is 31.6. The lowest BCUT2D eigenvalue weighted by Gasteiger charge is -2.44. The summed E-state index contributed by atoms with van der Waals surface area (Å²) in [4.78, 5) is 19.9. The summed E-state index contributed by atoms with van der Waals surface area (Å²) in [7, 11) is 7.33. The van der Waals surface area contributed by atoms with E-state index in [2.05, 4.69) is 48.7 Å². The van der Waals surface area contributed by atoms with E-state index in [1.165, 1.54) is 13.2 Å². The van der Waals surface area contributed by atoms with E-state index in [0.717, 1.165) is 29.5 Å². The van der Waals surface area contributed by atoms with Crippen molar-refractivity contribution in [2.24, 2.45) is 5.92 Å². The van der Waals surface area contributed by atoms with Crippen molar-refractivity contribution in [1.82, 2.24) is 19.8 Å². The van der Waals surface area contributed by atoms with Crippen molar-refractivity contribution in [3.05, 3.63) is 53.3 Å². The number of piperidine rings is 1. The van der Waals surface area contributed by atoms with Gasteiger partial charge in [-0.2, -0.15) is 18.4 Å². The van der Waals surface area contributed by atoms with E-state index in [0.29, 0.717) is 23.4 Å². The Balaban J connectivity index is 1.63. The van der Waals surface area contributed by atoms with Crippen LogP contribution in [-0.2, 0) is 12.0 Å². The number of nitrogens with one attached hydrogen (secondary N) is 2. The first kappa shape index (κ1) is 31.9. The molecule has 12 heteroatoms. The molecule has 3 radical (unpaired) electrons. The lowest BCUT2D eigenvalue weighted by molar-refractivity contribution is -0.139. The standard InChI is InChI=1S/C31H34F3N6O2Si/c1-20-16-39(4)12-10-30(20,43)38-28(41)23-13-21(14-25-27(23)37-19-40(25)18-31(32,33)34)7-6-11-36-24-9-8-22(15-26(24)42-5)29(2,3)17-35/h8-9,13-15,19-20,36H,10-12,16,18H2,1-5H3,(H,38,41)/t20-,30-/m0/s1. The van der Waals surface area contributed by atoms with Crippen molar-refractivity contribution < 1.29 is 22.7 Å². The third-order valence-electron chi connectivity index (χ3n) is 7.77. The number of anilines is 1. The maximum atomic E-state index is 13.6. The van der Waals surface area contributed by atoms with Crippen LogP contribution in [0.25, 0.3) is 11.0 Å². The molecule has 3 aromatic rings. The minimum atomic E-state index is -4.47. The largest absolute Gasteiger partial charge is 0.495 e. The Morgan fingerprint density at radius 3 is 2.67 bits per heavy atom. The van der Waals surface area contributed by atoms with Gasteiger partial charge < -0.3 is 24.8 Å². The van der Waals surface area contributed by atoms with Crippen molar-refractivity contribution in [1.29, 1.82) is 5.26 Å². The number of methoxy groups -OCH3 is 1. The van der Waals surface area contributed by atoms with Gasteiger partial charge in [-0.15, -0.1) is 0 Å². The van der Waals surface area contributed by atoms with E-state index in [9.17, 15) is 23.2 Å². The maximum Gasteiger partial charge on any atom is 0.406 e. The first-order valence-electron chi connectivity index (χ1n) is 13.8. The van der Waals surface area contributed by atoms with Gasteiger partial charge in [0.15, 0.2) is 0 Å². The molecule has 1 aliphatic heterocycles. The molecular formula is C31H34F3N6O2Si. The predicted molar refractivity (Wildman–Crippen MR) is 160 cm³/mol. The summed E-state index contributed by atoms with van der Waals surface area (Å²) in [5, 5.41) is 15.0. The molecule has 8 nitrogen and oxygen atoms in total. The van der Waals surface area contributed by atoms with Gasteiger partial charge in [0.2, 0.25) is 0 Å². The molecular weight excluding hydrogens is 573 g/mol. The zero-order valence-electron chi connectivity index (χ0n) is 24.8. The summed E-state index contributed by atoms with van der Waals surface area (Å²) in [5.41, 5.74) is 1.65. The van der Waals surface area contributed by atoms with Gasteiger partial charge in [-0.05, 0) is 69.6 Å². The van der Waals surface area contributed by atoms with E-state index >= 15 is 0 Å². The predicted octanol–water partition coefficient (Wildman–Crippen LogP) is 4.44. The summed E-state index contributed by atoms with van der Waals surface area (Å²) >= 11 is 0. The zero-order valence-corrected chi connectivity index (χ0v) is 25.8. The number of carbonyl (C=O) groups excluding carboxylic acids is 1. The molecule has 2 atom stereocenters. The van der Waals surface area contributed by atoms with Gasteiger partial charge in [0.1, 0.15) is 17.8 Å². The lowest BCUT2D eigenvalue weighted by Crippen LogP contribution is -2.60. The molecule has 1 aliphatic rings. The van der Waals surface area contributed by atoms with Crippen LogP contribution in [0.1, 0.15) is 48.7 Å². The maximum absolute atomic E-state index is 13.6. The number of fused-ring (bicyclic) bond motifs is 1.